The van der Waals surface area contributed by atoms with Crippen LogP contribution in [0.15, 0.2) is 108 Å². The van der Waals surface area contributed by atoms with E-state index in [1.807, 2.05) is 48.5 Å². The number of carbonyl (C=O) groups excluding carboxylic acids is 2. The van der Waals surface area contributed by atoms with Gasteiger partial charge in [0.25, 0.3) is 0 Å². The first-order valence-electron chi connectivity index (χ1n) is 12.1. The van der Waals surface area contributed by atoms with Crippen LogP contribution in [0.2, 0.25) is 0 Å². The zero-order valence-corrected chi connectivity index (χ0v) is 21.9. The van der Waals surface area contributed by atoms with Gasteiger partial charge in [0.1, 0.15) is 11.5 Å². The van der Waals surface area contributed by atoms with E-state index in [0.717, 1.165) is 19.3 Å². The molecule has 37 heavy (non-hydrogen) atoms. The molecule has 4 rings (SSSR count). The Bertz CT molecular complexity index is 1320. The first kappa shape index (κ1) is 26.2. The molecule has 4 aromatic carbocycles. The fraction of sp³-hybridized carbons (Fsp3) is 0.161. The lowest BCUT2D eigenvalue weighted by Crippen LogP contribution is -2.11. The second-order valence-corrected chi connectivity index (χ2v) is 9.23. The Morgan fingerprint density at radius 3 is 2.03 bits per heavy atom. The van der Waals surface area contributed by atoms with E-state index in [4.69, 9.17) is 14.2 Å². The maximum absolute atomic E-state index is 12.7. The minimum Gasteiger partial charge on any atom is -0.492 e. The summed E-state index contributed by atoms with van der Waals surface area (Å²) in [4.78, 5) is 25.1. The number of esters is 2. The normalized spacial score (nSPS) is 10.5. The van der Waals surface area contributed by atoms with E-state index < -0.39 is 11.9 Å². The van der Waals surface area contributed by atoms with Crippen LogP contribution >= 0.6 is 15.9 Å². The standard InChI is InChI=1S/C31H27BrO5/c32-28-22-26(16-17-29(28)35-20-18-24-11-5-2-6-12-24)31(34)37-27-15-7-14-25(21-27)30(33)36-19-8-13-23-9-3-1-4-10-23/h1-7,9-12,14-17,21-22H,8,13,18-20H2. The van der Waals surface area contributed by atoms with Gasteiger partial charge < -0.3 is 14.2 Å². The quantitative estimate of drug-likeness (QED) is 0.112. The topological polar surface area (TPSA) is 61.8 Å². The summed E-state index contributed by atoms with van der Waals surface area (Å²) in [7, 11) is 0. The van der Waals surface area contributed by atoms with E-state index in [1.54, 1.807) is 36.4 Å². The van der Waals surface area contributed by atoms with Crippen LogP contribution in [-0.2, 0) is 17.6 Å². The minimum atomic E-state index is -0.537. The zero-order valence-electron chi connectivity index (χ0n) is 20.3. The van der Waals surface area contributed by atoms with Gasteiger partial charge in [-0.05, 0) is 76.3 Å². The molecular weight excluding hydrogens is 532 g/mol. The summed E-state index contributed by atoms with van der Waals surface area (Å²) < 4.78 is 17.4. The Morgan fingerprint density at radius 2 is 1.32 bits per heavy atom. The molecule has 0 heterocycles. The highest BCUT2D eigenvalue weighted by atomic mass is 79.9. The highest BCUT2D eigenvalue weighted by Gasteiger charge is 2.14. The number of carbonyl (C=O) groups is 2. The third-order valence-corrected chi connectivity index (χ3v) is 6.24. The molecule has 0 N–H and O–H groups in total. The van der Waals surface area contributed by atoms with Gasteiger partial charge in [-0.15, -0.1) is 0 Å². The van der Waals surface area contributed by atoms with Crippen molar-refractivity contribution >= 4 is 27.9 Å². The zero-order chi connectivity index (χ0) is 25.9. The molecule has 5 nitrogen and oxygen atoms in total. The highest BCUT2D eigenvalue weighted by Crippen LogP contribution is 2.27. The molecule has 0 fully saturated rings. The fourth-order valence-electron chi connectivity index (χ4n) is 3.69. The van der Waals surface area contributed by atoms with Crippen LogP contribution in [0.1, 0.15) is 38.3 Å². The van der Waals surface area contributed by atoms with Gasteiger partial charge in [0.15, 0.2) is 0 Å². The molecule has 0 radical (unpaired) electrons. The number of hydrogen-bond donors (Lipinski definition) is 0. The van der Waals surface area contributed by atoms with E-state index in [2.05, 4.69) is 28.1 Å². The van der Waals surface area contributed by atoms with Crippen LogP contribution in [0.3, 0.4) is 0 Å². The highest BCUT2D eigenvalue weighted by molar-refractivity contribution is 9.10. The SMILES string of the molecule is O=C(OCCCc1ccccc1)c1cccc(OC(=O)c2ccc(OCCc3ccccc3)c(Br)c2)c1. The van der Waals surface area contributed by atoms with Crippen LogP contribution in [0.25, 0.3) is 0 Å². The van der Waals surface area contributed by atoms with E-state index in [0.29, 0.717) is 34.6 Å². The number of halogens is 1. The maximum atomic E-state index is 12.7. The van der Waals surface area contributed by atoms with Crippen LogP contribution in [-0.4, -0.2) is 25.2 Å². The lowest BCUT2D eigenvalue weighted by molar-refractivity contribution is 0.0498. The molecule has 0 aromatic heterocycles. The number of rotatable bonds is 11. The Morgan fingerprint density at radius 1 is 0.649 bits per heavy atom. The van der Waals surface area contributed by atoms with Crippen molar-refractivity contribution in [2.75, 3.05) is 13.2 Å². The second-order valence-electron chi connectivity index (χ2n) is 8.37. The molecular formula is C31H27BrO5. The predicted octanol–water partition coefficient (Wildman–Crippen LogP) is 7.08. The van der Waals surface area contributed by atoms with Gasteiger partial charge in [-0.1, -0.05) is 66.7 Å². The van der Waals surface area contributed by atoms with Crippen LogP contribution in [0, 0.1) is 0 Å². The molecule has 4 aromatic rings. The van der Waals surface area contributed by atoms with Crippen LogP contribution in [0.5, 0.6) is 11.5 Å². The predicted molar refractivity (Wildman–Crippen MR) is 146 cm³/mol. The van der Waals surface area contributed by atoms with Gasteiger partial charge in [-0.3, -0.25) is 0 Å². The van der Waals surface area contributed by atoms with Crippen molar-refractivity contribution in [2.45, 2.75) is 19.3 Å². The summed E-state index contributed by atoms with van der Waals surface area (Å²) in [5.74, 6) is -0.0804. The van der Waals surface area contributed by atoms with E-state index in [1.165, 1.54) is 17.2 Å². The molecule has 0 spiro atoms. The summed E-state index contributed by atoms with van der Waals surface area (Å²) in [6, 6.07) is 31.6. The molecule has 0 aliphatic rings. The maximum Gasteiger partial charge on any atom is 0.343 e. The minimum absolute atomic E-state index is 0.267. The molecule has 0 aliphatic heterocycles. The van der Waals surface area contributed by atoms with Crippen LogP contribution in [0.4, 0.5) is 0 Å². The molecule has 0 saturated carbocycles. The summed E-state index contributed by atoms with van der Waals surface area (Å²) in [6.07, 6.45) is 2.34. The van der Waals surface area contributed by atoms with E-state index in [9.17, 15) is 9.59 Å². The fourth-order valence-corrected chi connectivity index (χ4v) is 4.18. The third kappa shape index (κ3) is 8.05. The van der Waals surface area contributed by atoms with Crippen molar-refractivity contribution in [1.29, 1.82) is 0 Å². The van der Waals surface area contributed by atoms with Crippen molar-refractivity contribution in [1.82, 2.24) is 0 Å². The molecule has 0 bridgehead atoms. The summed E-state index contributed by atoms with van der Waals surface area (Å²) in [5.41, 5.74) is 3.08. The Labute approximate surface area is 225 Å². The van der Waals surface area contributed by atoms with Gasteiger partial charge in [-0.25, -0.2) is 9.59 Å². The van der Waals surface area contributed by atoms with Crippen molar-refractivity contribution in [3.63, 3.8) is 0 Å². The molecule has 0 unspecified atom stereocenters. The van der Waals surface area contributed by atoms with E-state index in [-0.39, 0.29) is 5.75 Å². The van der Waals surface area contributed by atoms with Gasteiger partial charge in [0.05, 0.1) is 28.8 Å². The smallest absolute Gasteiger partial charge is 0.343 e. The van der Waals surface area contributed by atoms with Crippen molar-refractivity contribution in [3.8, 4) is 11.5 Å². The first-order chi connectivity index (χ1) is 18.1. The molecule has 0 aliphatic carbocycles. The number of aryl methyl sites for hydroxylation is 1. The Hall–Kier alpha value is -3.90. The van der Waals surface area contributed by atoms with Gasteiger partial charge in [-0.2, -0.15) is 0 Å². The monoisotopic (exact) mass is 558 g/mol. The lowest BCUT2D eigenvalue weighted by Gasteiger charge is -2.10. The van der Waals surface area contributed by atoms with Crippen molar-refractivity contribution in [3.05, 3.63) is 130 Å². The number of benzene rings is 4. The molecule has 188 valence electrons. The van der Waals surface area contributed by atoms with Gasteiger partial charge in [0, 0.05) is 6.42 Å². The number of ether oxygens (including phenoxy) is 3. The van der Waals surface area contributed by atoms with Crippen molar-refractivity contribution < 1.29 is 23.8 Å². The average Bonchev–Trinajstić information content (AvgIpc) is 2.93. The Balaban J connectivity index is 1.27. The average molecular weight is 559 g/mol. The van der Waals surface area contributed by atoms with Crippen molar-refractivity contribution in [2.24, 2.45) is 0 Å². The summed E-state index contributed by atoms with van der Waals surface area (Å²) >= 11 is 3.47. The largest absolute Gasteiger partial charge is 0.492 e. The van der Waals surface area contributed by atoms with Gasteiger partial charge in [0.2, 0.25) is 0 Å². The Kier molecular flexibility index (Phi) is 9.49. The third-order valence-electron chi connectivity index (χ3n) is 5.62. The summed E-state index contributed by atoms with van der Waals surface area (Å²) in [6.45, 7) is 0.826. The second kappa shape index (κ2) is 13.4. The molecule has 0 amide bonds. The molecule has 6 heteroatoms. The molecule has 0 atom stereocenters. The lowest BCUT2D eigenvalue weighted by atomic mass is 10.1. The molecule has 0 saturated heterocycles. The summed E-state index contributed by atoms with van der Waals surface area (Å²) in [5, 5.41) is 0. The van der Waals surface area contributed by atoms with Crippen LogP contribution < -0.4 is 9.47 Å². The van der Waals surface area contributed by atoms with E-state index >= 15 is 0 Å². The first-order valence-corrected chi connectivity index (χ1v) is 12.9. The van der Waals surface area contributed by atoms with Gasteiger partial charge >= 0.3 is 11.9 Å². The number of hydrogen-bond acceptors (Lipinski definition) is 5.